The van der Waals surface area contributed by atoms with Crippen LogP contribution >= 0.6 is 11.3 Å². The molecule has 0 bridgehead atoms. The van der Waals surface area contributed by atoms with Crippen molar-refractivity contribution < 1.29 is 9.90 Å². The largest absolute Gasteiger partial charge is 0.477 e. The molecule has 2 aromatic carbocycles. The van der Waals surface area contributed by atoms with Gasteiger partial charge in [-0.25, -0.2) is 4.79 Å². The number of hydrogen-bond acceptors (Lipinski definition) is 3. The first-order valence-corrected chi connectivity index (χ1v) is 6.84. The van der Waals surface area contributed by atoms with Gasteiger partial charge in [0.1, 0.15) is 5.56 Å². The van der Waals surface area contributed by atoms with Gasteiger partial charge in [-0.05, 0) is 17.7 Å². The van der Waals surface area contributed by atoms with Crippen LogP contribution in [0.5, 0.6) is 0 Å². The van der Waals surface area contributed by atoms with Crippen molar-refractivity contribution in [3.05, 3.63) is 70.4 Å². The van der Waals surface area contributed by atoms with Crippen molar-refractivity contribution in [2.75, 3.05) is 0 Å². The quantitative estimate of drug-likeness (QED) is 0.781. The van der Waals surface area contributed by atoms with Gasteiger partial charge in [0.2, 0.25) is 5.43 Å². The van der Waals surface area contributed by atoms with Crippen LogP contribution in [0, 0.1) is 0 Å². The van der Waals surface area contributed by atoms with Crippen molar-refractivity contribution in [2.45, 2.75) is 0 Å². The van der Waals surface area contributed by atoms with E-state index >= 15 is 0 Å². The fourth-order valence-corrected chi connectivity index (χ4v) is 3.30. The molecule has 3 rings (SSSR count). The molecular formula is C16H10O3S. The molecule has 0 aliphatic carbocycles. The van der Waals surface area contributed by atoms with Gasteiger partial charge in [-0.3, -0.25) is 4.79 Å². The van der Waals surface area contributed by atoms with E-state index in [1.165, 1.54) is 11.3 Å². The van der Waals surface area contributed by atoms with E-state index in [1.54, 1.807) is 12.1 Å². The first-order valence-electron chi connectivity index (χ1n) is 6.03. The van der Waals surface area contributed by atoms with E-state index in [0.29, 0.717) is 10.3 Å². The summed E-state index contributed by atoms with van der Waals surface area (Å²) in [6, 6.07) is 16.2. The Morgan fingerprint density at radius 3 is 2.30 bits per heavy atom. The Morgan fingerprint density at radius 1 is 0.950 bits per heavy atom. The van der Waals surface area contributed by atoms with E-state index in [9.17, 15) is 14.7 Å². The van der Waals surface area contributed by atoms with Gasteiger partial charge < -0.3 is 5.11 Å². The molecule has 20 heavy (non-hydrogen) atoms. The lowest BCUT2D eigenvalue weighted by atomic mass is 10.1. The first-order chi connectivity index (χ1) is 9.68. The van der Waals surface area contributed by atoms with E-state index in [2.05, 4.69) is 0 Å². The Morgan fingerprint density at radius 2 is 1.60 bits per heavy atom. The second kappa shape index (κ2) is 4.90. The lowest BCUT2D eigenvalue weighted by Crippen LogP contribution is -2.15. The molecule has 1 N–H and O–H groups in total. The minimum atomic E-state index is -1.18. The number of fused-ring (bicyclic) bond motifs is 1. The van der Waals surface area contributed by atoms with Crippen LogP contribution in [0.15, 0.2) is 59.4 Å². The molecule has 0 aliphatic heterocycles. The van der Waals surface area contributed by atoms with Gasteiger partial charge in [0, 0.05) is 10.1 Å². The lowest BCUT2D eigenvalue weighted by Gasteiger charge is -2.07. The van der Waals surface area contributed by atoms with Gasteiger partial charge in [-0.2, -0.15) is 0 Å². The first kappa shape index (κ1) is 12.6. The van der Waals surface area contributed by atoms with Crippen molar-refractivity contribution in [3.63, 3.8) is 0 Å². The highest BCUT2D eigenvalue weighted by molar-refractivity contribution is 7.21. The highest BCUT2D eigenvalue weighted by Crippen LogP contribution is 2.31. The van der Waals surface area contributed by atoms with Crippen LogP contribution in [-0.2, 0) is 0 Å². The third-order valence-electron chi connectivity index (χ3n) is 3.05. The number of benzene rings is 2. The SMILES string of the molecule is O=C(O)c1c(-c2ccccc2)sc2ccccc2c1=O. The molecule has 3 nitrogen and oxygen atoms in total. The van der Waals surface area contributed by atoms with Gasteiger partial charge in [0.25, 0.3) is 0 Å². The summed E-state index contributed by atoms with van der Waals surface area (Å²) in [7, 11) is 0. The Bertz CT molecular complexity index is 850. The van der Waals surface area contributed by atoms with E-state index < -0.39 is 11.4 Å². The molecule has 0 spiro atoms. The summed E-state index contributed by atoms with van der Waals surface area (Å²) < 4.78 is 0.793. The smallest absolute Gasteiger partial charge is 0.341 e. The number of rotatable bonds is 2. The molecule has 0 aliphatic rings. The van der Waals surface area contributed by atoms with E-state index in [-0.39, 0.29) is 5.56 Å². The van der Waals surface area contributed by atoms with Crippen LogP contribution in [0.1, 0.15) is 10.4 Å². The Balaban J connectivity index is 2.45. The zero-order valence-corrected chi connectivity index (χ0v) is 11.2. The number of carboxylic acid groups (broad SMARTS) is 1. The summed E-state index contributed by atoms with van der Waals surface area (Å²) in [6.45, 7) is 0. The predicted molar refractivity (Wildman–Crippen MR) is 80.5 cm³/mol. The van der Waals surface area contributed by atoms with Crippen molar-refractivity contribution in [1.82, 2.24) is 0 Å². The standard InChI is InChI=1S/C16H10O3S/c17-14-11-8-4-5-9-12(11)20-15(13(14)16(18)19)10-6-2-1-3-7-10/h1-9H,(H,18,19). The summed E-state index contributed by atoms with van der Waals surface area (Å²) in [6.07, 6.45) is 0. The minimum absolute atomic E-state index is 0.153. The van der Waals surface area contributed by atoms with E-state index in [0.717, 1.165) is 10.3 Å². The van der Waals surface area contributed by atoms with Crippen molar-refractivity contribution in [2.24, 2.45) is 0 Å². The van der Waals surface area contributed by atoms with Gasteiger partial charge in [-0.1, -0.05) is 42.5 Å². The number of carbonyl (C=O) groups is 1. The van der Waals surface area contributed by atoms with Gasteiger partial charge in [0.05, 0.1) is 4.88 Å². The van der Waals surface area contributed by atoms with Crippen LogP contribution in [-0.4, -0.2) is 11.1 Å². The second-order valence-electron chi connectivity index (χ2n) is 4.30. The lowest BCUT2D eigenvalue weighted by molar-refractivity contribution is 0.0697. The van der Waals surface area contributed by atoms with Gasteiger partial charge in [0.15, 0.2) is 0 Å². The monoisotopic (exact) mass is 282 g/mol. The average molecular weight is 282 g/mol. The molecule has 4 heteroatoms. The Hall–Kier alpha value is -2.46. The fraction of sp³-hybridized carbons (Fsp3) is 0. The highest BCUT2D eigenvalue weighted by atomic mass is 32.1. The molecule has 0 fully saturated rings. The number of aromatic carboxylic acids is 1. The zero-order chi connectivity index (χ0) is 14.1. The molecule has 1 heterocycles. The van der Waals surface area contributed by atoms with Gasteiger partial charge in [-0.15, -0.1) is 11.3 Å². The Kier molecular flexibility index (Phi) is 3.08. The molecular weight excluding hydrogens is 272 g/mol. The van der Waals surface area contributed by atoms with Crippen molar-refractivity contribution in [1.29, 1.82) is 0 Å². The Labute approximate surface area is 118 Å². The van der Waals surface area contributed by atoms with Crippen molar-refractivity contribution in [3.8, 4) is 10.4 Å². The van der Waals surface area contributed by atoms with Crippen LogP contribution in [0.3, 0.4) is 0 Å². The van der Waals surface area contributed by atoms with Crippen LogP contribution in [0.4, 0.5) is 0 Å². The minimum Gasteiger partial charge on any atom is -0.477 e. The maximum absolute atomic E-state index is 12.4. The summed E-state index contributed by atoms with van der Waals surface area (Å²) in [4.78, 5) is 24.4. The van der Waals surface area contributed by atoms with Crippen LogP contribution in [0.25, 0.3) is 20.5 Å². The summed E-state index contributed by atoms with van der Waals surface area (Å²) in [5.74, 6) is -1.18. The highest BCUT2D eigenvalue weighted by Gasteiger charge is 2.19. The average Bonchev–Trinajstić information content (AvgIpc) is 2.47. The summed E-state index contributed by atoms with van der Waals surface area (Å²) in [5.41, 5.74) is 0.170. The third-order valence-corrected chi connectivity index (χ3v) is 4.27. The molecule has 0 saturated carbocycles. The predicted octanol–water partition coefficient (Wildman–Crippen LogP) is 3.63. The topological polar surface area (TPSA) is 54.4 Å². The van der Waals surface area contributed by atoms with Crippen molar-refractivity contribution >= 4 is 27.4 Å². The maximum Gasteiger partial charge on any atom is 0.341 e. The molecule has 98 valence electrons. The van der Waals surface area contributed by atoms with E-state index in [1.807, 2.05) is 42.5 Å². The van der Waals surface area contributed by atoms with Gasteiger partial charge >= 0.3 is 5.97 Å². The summed E-state index contributed by atoms with van der Waals surface area (Å²) in [5, 5.41) is 9.83. The zero-order valence-electron chi connectivity index (χ0n) is 10.4. The molecule has 0 atom stereocenters. The third kappa shape index (κ3) is 2.00. The maximum atomic E-state index is 12.4. The normalized spacial score (nSPS) is 10.6. The number of carboxylic acids is 1. The molecule has 0 saturated heterocycles. The van der Waals surface area contributed by atoms with Crippen LogP contribution in [0.2, 0.25) is 0 Å². The molecule has 1 aromatic heterocycles. The molecule has 0 unspecified atom stereocenters. The number of hydrogen-bond donors (Lipinski definition) is 1. The molecule has 0 amide bonds. The fourth-order valence-electron chi connectivity index (χ4n) is 2.13. The van der Waals surface area contributed by atoms with Crippen LogP contribution < -0.4 is 5.43 Å². The second-order valence-corrected chi connectivity index (χ2v) is 5.35. The molecule has 0 radical (unpaired) electrons. The van der Waals surface area contributed by atoms with E-state index in [4.69, 9.17) is 0 Å². The molecule has 3 aromatic rings. The summed E-state index contributed by atoms with van der Waals surface area (Å²) >= 11 is 1.33.